The molecule has 4 aromatic rings. The van der Waals surface area contributed by atoms with Gasteiger partial charge in [0, 0.05) is 23.8 Å². The van der Waals surface area contributed by atoms with E-state index in [-0.39, 0.29) is 0 Å². The van der Waals surface area contributed by atoms with Crippen LogP contribution in [0.2, 0.25) is 0 Å². The van der Waals surface area contributed by atoms with Gasteiger partial charge in [0.15, 0.2) is 0 Å². The van der Waals surface area contributed by atoms with Gasteiger partial charge in [-0.25, -0.2) is 5.43 Å². The summed E-state index contributed by atoms with van der Waals surface area (Å²) < 4.78 is 0. The Hall–Kier alpha value is -4.33. The topological polar surface area (TPSA) is 100 Å². The Morgan fingerprint density at radius 2 is 1.14 bits per heavy atom. The van der Waals surface area contributed by atoms with Gasteiger partial charge in [0.05, 0.1) is 6.21 Å². The van der Waals surface area contributed by atoms with Crippen molar-refractivity contribution in [3.8, 4) is 0 Å². The van der Waals surface area contributed by atoms with E-state index >= 15 is 0 Å². The average molecular weight is 382 g/mol. The molecule has 0 unspecified atom stereocenters. The zero-order valence-electron chi connectivity index (χ0n) is 15.4. The third-order valence-corrected chi connectivity index (χ3v) is 3.78. The van der Waals surface area contributed by atoms with Crippen molar-refractivity contribution >= 4 is 35.4 Å². The highest BCUT2D eigenvalue weighted by Crippen LogP contribution is 2.18. The monoisotopic (exact) mass is 382 g/mol. The van der Waals surface area contributed by atoms with Gasteiger partial charge in [0.1, 0.15) is 0 Å². The van der Waals surface area contributed by atoms with E-state index in [0.717, 1.165) is 16.9 Å². The molecule has 0 spiro atoms. The second-order valence-electron chi connectivity index (χ2n) is 5.94. The second kappa shape index (κ2) is 9.05. The molecule has 8 nitrogen and oxygen atoms in total. The first-order valence-corrected chi connectivity index (χ1v) is 8.94. The van der Waals surface area contributed by atoms with E-state index in [9.17, 15) is 0 Å². The fourth-order valence-corrected chi connectivity index (χ4v) is 2.45. The minimum atomic E-state index is 0.308. The van der Waals surface area contributed by atoms with E-state index in [0.29, 0.717) is 17.8 Å². The number of nitrogens with one attached hydrogen (secondary N) is 3. The molecule has 0 saturated heterocycles. The van der Waals surface area contributed by atoms with Crippen LogP contribution in [0.5, 0.6) is 0 Å². The highest BCUT2D eigenvalue weighted by Gasteiger charge is 2.07. The lowest BCUT2D eigenvalue weighted by molar-refractivity contribution is 1.04. The maximum absolute atomic E-state index is 4.45. The minimum absolute atomic E-state index is 0.308. The van der Waals surface area contributed by atoms with Crippen LogP contribution in [0.1, 0.15) is 5.56 Å². The van der Waals surface area contributed by atoms with Crippen molar-refractivity contribution in [3.05, 3.63) is 90.8 Å². The first kappa shape index (κ1) is 18.1. The molecule has 2 heterocycles. The molecule has 29 heavy (non-hydrogen) atoms. The zero-order valence-corrected chi connectivity index (χ0v) is 15.4. The highest BCUT2D eigenvalue weighted by molar-refractivity contribution is 5.79. The van der Waals surface area contributed by atoms with Crippen molar-refractivity contribution in [1.29, 1.82) is 0 Å². The number of hydrazone groups is 1. The lowest BCUT2D eigenvalue weighted by Gasteiger charge is -2.10. The largest absolute Gasteiger partial charge is 0.324 e. The molecule has 0 fully saturated rings. The first-order chi connectivity index (χ1) is 14.3. The van der Waals surface area contributed by atoms with E-state index in [1.54, 1.807) is 18.6 Å². The van der Waals surface area contributed by atoms with Gasteiger partial charge in [-0.05, 0) is 42.0 Å². The van der Waals surface area contributed by atoms with Crippen LogP contribution in [0.4, 0.5) is 29.2 Å². The third-order valence-electron chi connectivity index (χ3n) is 3.78. The van der Waals surface area contributed by atoms with Crippen LogP contribution in [0.25, 0.3) is 0 Å². The van der Waals surface area contributed by atoms with E-state index < -0.39 is 0 Å². The Morgan fingerprint density at radius 3 is 1.69 bits per heavy atom. The number of aromatic nitrogens is 4. The molecule has 0 aliphatic carbocycles. The van der Waals surface area contributed by atoms with Crippen LogP contribution in [0.15, 0.2) is 90.3 Å². The number of rotatable bonds is 7. The van der Waals surface area contributed by atoms with Crippen LogP contribution >= 0.6 is 0 Å². The molecule has 2 aromatic carbocycles. The van der Waals surface area contributed by atoms with Gasteiger partial charge in [-0.1, -0.05) is 36.4 Å². The number of anilines is 5. The summed E-state index contributed by atoms with van der Waals surface area (Å²) in [6.07, 6.45) is 5.07. The van der Waals surface area contributed by atoms with Gasteiger partial charge in [-0.15, -0.1) is 0 Å². The summed E-state index contributed by atoms with van der Waals surface area (Å²) in [7, 11) is 0. The van der Waals surface area contributed by atoms with Gasteiger partial charge < -0.3 is 10.6 Å². The Bertz CT molecular complexity index is 1010. The van der Waals surface area contributed by atoms with Crippen LogP contribution in [0, 0.1) is 0 Å². The van der Waals surface area contributed by atoms with Crippen LogP contribution in [0.3, 0.4) is 0 Å². The lowest BCUT2D eigenvalue weighted by atomic mass is 10.3. The maximum Gasteiger partial charge on any atom is 0.250 e. The van der Waals surface area contributed by atoms with Gasteiger partial charge in [-0.3, -0.25) is 4.98 Å². The molecule has 0 amide bonds. The zero-order chi connectivity index (χ0) is 19.7. The molecule has 2 aromatic heterocycles. The second-order valence-corrected chi connectivity index (χ2v) is 5.94. The molecule has 0 aliphatic heterocycles. The Morgan fingerprint density at radius 1 is 0.621 bits per heavy atom. The molecule has 0 bridgehead atoms. The number of hydrogen-bond donors (Lipinski definition) is 3. The van der Waals surface area contributed by atoms with Crippen molar-refractivity contribution in [2.75, 3.05) is 16.1 Å². The summed E-state index contributed by atoms with van der Waals surface area (Å²) in [4.78, 5) is 17.2. The van der Waals surface area contributed by atoms with Crippen molar-refractivity contribution in [1.82, 2.24) is 19.9 Å². The minimum Gasteiger partial charge on any atom is -0.324 e. The molecule has 0 saturated carbocycles. The quantitative estimate of drug-likeness (QED) is 0.325. The van der Waals surface area contributed by atoms with Crippen molar-refractivity contribution in [2.45, 2.75) is 0 Å². The normalized spacial score (nSPS) is 10.6. The first-order valence-electron chi connectivity index (χ1n) is 8.94. The average Bonchev–Trinajstić information content (AvgIpc) is 2.76. The molecule has 142 valence electrons. The summed E-state index contributed by atoms with van der Waals surface area (Å²) in [5.74, 6) is 1.10. The third kappa shape index (κ3) is 5.33. The van der Waals surface area contributed by atoms with Crippen molar-refractivity contribution in [3.63, 3.8) is 0 Å². The molecule has 0 aliphatic rings. The van der Waals surface area contributed by atoms with Gasteiger partial charge >= 0.3 is 0 Å². The number of hydrogen-bond acceptors (Lipinski definition) is 8. The molecule has 8 heteroatoms. The Kier molecular flexibility index (Phi) is 5.63. The molecule has 4 rings (SSSR count). The Balaban J connectivity index is 1.57. The molecule has 0 atom stereocenters. The fourth-order valence-electron chi connectivity index (χ4n) is 2.45. The smallest absolute Gasteiger partial charge is 0.250 e. The van der Waals surface area contributed by atoms with Gasteiger partial charge in [-0.2, -0.15) is 20.1 Å². The Labute approximate surface area is 167 Å². The molecule has 0 radical (unpaired) electrons. The summed E-state index contributed by atoms with van der Waals surface area (Å²) in [5.41, 5.74) is 5.50. The van der Waals surface area contributed by atoms with E-state index in [1.165, 1.54) is 0 Å². The standard InChI is InChI=1S/C21H18N8/c1-3-7-17(8-4-1)24-19-26-20(25-18-9-5-2-6-10-18)28-21(27-19)29-23-15-16-11-13-22-14-12-16/h1-15H,(H3,24,25,26,27,28,29). The predicted octanol–water partition coefficient (Wildman–Crippen LogP) is 4.20. The number of benzene rings is 2. The van der Waals surface area contributed by atoms with Crippen LogP contribution in [-0.4, -0.2) is 26.2 Å². The number of nitrogens with zero attached hydrogens (tertiary/aromatic N) is 5. The number of pyridine rings is 1. The summed E-state index contributed by atoms with van der Waals surface area (Å²) in [6, 6.07) is 23.1. The van der Waals surface area contributed by atoms with Crippen LogP contribution in [-0.2, 0) is 0 Å². The molecular weight excluding hydrogens is 364 g/mol. The fraction of sp³-hybridized carbons (Fsp3) is 0. The van der Waals surface area contributed by atoms with E-state index in [1.807, 2.05) is 72.8 Å². The summed E-state index contributed by atoms with van der Waals surface area (Å²) in [6.45, 7) is 0. The SMILES string of the molecule is C(=NNc1nc(Nc2ccccc2)nc(Nc2ccccc2)n1)c1ccncc1. The summed E-state index contributed by atoms with van der Waals surface area (Å²) >= 11 is 0. The highest BCUT2D eigenvalue weighted by atomic mass is 15.4. The van der Waals surface area contributed by atoms with Crippen molar-refractivity contribution in [2.24, 2.45) is 5.10 Å². The summed E-state index contributed by atoms with van der Waals surface area (Å²) in [5, 5.41) is 10.5. The van der Waals surface area contributed by atoms with E-state index in [2.05, 4.69) is 41.1 Å². The molecular formula is C21H18N8. The lowest BCUT2D eigenvalue weighted by Crippen LogP contribution is -2.07. The maximum atomic E-state index is 4.45. The van der Waals surface area contributed by atoms with Gasteiger partial charge in [0.25, 0.3) is 0 Å². The van der Waals surface area contributed by atoms with Crippen molar-refractivity contribution < 1.29 is 0 Å². The van der Waals surface area contributed by atoms with Gasteiger partial charge in [0.2, 0.25) is 17.8 Å². The predicted molar refractivity (Wildman–Crippen MR) is 115 cm³/mol. The number of para-hydroxylation sites is 2. The molecule has 3 N–H and O–H groups in total. The van der Waals surface area contributed by atoms with E-state index in [4.69, 9.17) is 0 Å². The van der Waals surface area contributed by atoms with Crippen LogP contribution < -0.4 is 16.1 Å².